The molecule has 2 nitrogen and oxygen atoms in total. The van der Waals surface area contributed by atoms with Crippen molar-refractivity contribution in [1.82, 2.24) is 0 Å². The van der Waals surface area contributed by atoms with Crippen molar-refractivity contribution in [3.05, 3.63) is 12.2 Å². The largest absolute Gasteiger partial charge is 0.465 e. The van der Waals surface area contributed by atoms with Crippen LogP contribution in [0.4, 0.5) is 0 Å². The molecule has 0 spiro atoms. The highest BCUT2D eigenvalue weighted by Crippen LogP contribution is 2.35. The summed E-state index contributed by atoms with van der Waals surface area (Å²) >= 11 is 0. The maximum absolute atomic E-state index is 11.0. The smallest absolute Gasteiger partial charge is 0.310 e. The van der Waals surface area contributed by atoms with Crippen LogP contribution < -0.4 is 0 Å². The Morgan fingerprint density at radius 3 is 3.10 bits per heavy atom. The monoisotopic (exact) mass is 138 g/mol. The number of hydrogen-bond donors (Lipinski definition) is 0. The molecule has 10 heavy (non-hydrogen) atoms. The highest BCUT2D eigenvalue weighted by molar-refractivity contribution is 5.76. The molecule has 1 aliphatic carbocycles. The minimum atomic E-state index is -0.0116. The van der Waals surface area contributed by atoms with Gasteiger partial charge in [0.25, 0.3) is 0 Å². The molecule has 0 aromatic carbocycles. The number of carbonyl (C=O) groups excluding carboxylic acids is 1. The minimum Gasteiger partial charge on any atom is -0.465 e. The Morgan fingerprint density at radius 2 is 2.40 bits per heavy atom. The first-order valence-electron chi connectivity index (χ1n) is 3.64. The summed E-state index contributed by atoms with van der Waals surface area (Å²) in [6.07, 6.45) is 4.20. The summed E-state index contributed by atoms with van der Waals surface area (Å²) in [5, 5.41) is 0. The predicted octanol–water partition coefficient (Wildman–Crippen LogP) is 0.982. The molecule has 54 valence electrons. The molecule has 1 heterocycles. The third-order valence-corrected chi connectivity index (χ3v) is 2.38. The van der Waals surface area contributed by atoms with Crippen LogP contribution in [0.1, 0.15) is 6.92 Å². The lowest BCUT2D eigenvalue weighted by Crippen LogP contribution is -2.16. The van der Waals surface area contributed by atoms with Gasteiger partial charge in [-0.3, -0.25) is 4.79 Å². The lowest BCUT2D eigenvalue weighted by Gasteiger charge is -2.07. The molecular weight excluding hydrogens is 128 g/mol. The van der Waals surface area contributed by atoms with Gasteiger partial charge in [-0.15, -0.1) is 0 Å². The summed E-state index contributed by atoms with van der Waals surface area (Å²) in [6.45, 7) is 2.66. The van der Waals surface area contributed by atoms with E-state index in [0.29, 0.717) is 18.4 Å². The number of allylic oxidation sites excluding steroid dienone is 1. The first-order chi connectivity index (χ1) is 4.79. The average molecular weight is 138 g/mol. The first-order valence-corrected chi connectivity index (χ1v) is 3.64. The summed E-state index contributed by atoms with van der Waals surface area (Å²) in [7, 11) is 0. The molecule has 1 aliphatic heterocycles. The third-order valence-electron chi connectivity index (χ3n) is 2.38. The zero-order valence-electron chi connectivity index (χ0n) is 5.91. The van der Waals surface area contributed by atoms with Gasteiger partial charge in [0.05, 0.1) is 12.5 Å². The van der Waals surface area contributed by atoms with Crippen molar-refractivity contribution in [3.63, 3.8) is 0 Å². The summed E-state index contributed by atoms with van der Waals surface area (Å²) in [5.74, 6) is 0.894. The van der Waals surface area contributed by atoms with E-state index in [4.69, 9.17) is 4.74 Å². The molecule has 0 N–H and O–H groups in total. The van der Waals surface area contributed by atoms with Crippen molar-refractivity contribution in [2.75, 3.05) is 6.61 Å². The third kappa shape index (κ3) is 0.618. The lowest BCUT2D eigenvalue weighted by molar-refractivity contribution is -0.141. The molecule has 0 radical (unpaired) electrons. The van der Waals surface area contributed by atoms with Crippen LogP contribution in [-0.2, 0) is 9.53 Å². The number of hydrogen-bond acceptors (Lipinski definition) is 2. The Kier molecular flexibility index (Phi) is 1.10. The van der Waals surface area contributed by atoms with Gasteiger partial charge in [0, 0.05) is 5.92 Å². The SMILES string of the molecule is CC1C=CC2COC(=O)C12. The van der Waals surface area contributed by atoms with Gasteiger partial charge < -0.3 is 4.74 Å². The summed E-state index contributed by atoms with van der Waals surface area (Å²) < 4.78 is 4.90. The van der Waals surface area contributed by atoms with Crippen molar-refractivity contribution in [3.8, 4) is 0 Å². The maximum atomic E-state index is 11.0. The highest BCUT2D eigenvalue weighted by atomic mass is 16.5. The molecule has 2 heteroatoms. The Labute approximate surface area is 59.9 Å². The Morgan fingerprint density at radius 1 is 1.60 bits per heavy atom. The Hall–Kier alpha value is -0.790. The average Bonchev–Trinajstić information content (AvgIpc) is 2.40. The van der Waals surface area contributed by atoms with E-state index in [0.717, 1.165) is 0 Å². The first kappa shape index (κ1) is 5.96. The lowest BCUT2D eigenvalue weighted by atomic mass is 9.92. The second-order valence-corrected chi connectivity index (χ2v) is 3.06. The molecule has 3 unspecified atom stereocenters. The fourth-order valence-electron chi connectivity index (χ4n) is 1.77. The van der Waals surface area contributed by atoms with Crippen LogP contribution in [0.2, 0.25) is 0 Å². The van der Waals surface area contributed by atoms with Gasteiger partial charge in [-0.1, -0.05) is 19.1 Å². The van der Waals surface area contributed by atoms with E-state index in [1.807, 2.05) is 0 Å². The van der Waals surface area contributed by atoms with E-state index < -0.39 is 0 Å². The number of carbonyl (C=O) groups is 1. The van der Waals surface area contributed by atoms with E-state index in [1.54, 1.807) is 0 Å². The van der Waals surface area contributed by atoms with Crippen molar-refractivity contribution < 1.29 is 9.53 Å². The maximum Gasteiger partial charge on any atom is 0.310 e. The van der Waals surface area contributed by atoms with Gasteiger partial charge in [0.1, 0.15) is 0 Å². The van der Waals surface area contributed by atoms with Crippen molar-refractivity contribution in [1.29, 1.82) is 0 Å². The molecule has 2 aliphatic rings. The molecule has 0 bridgehead atoms. The van der Waals surface area contributed by atoms with Gasteiger partial charge in [0.2, 0.25) is 0 Å². The van der Waals surface area contributed by atoms with Crippen LogP contribution >= 0.6 is 0 Å². The second-order valence-electron chi connectivity index (χ2n) is 3.06. The normalized spacial score (nSPS) is 43.7. The van der Waals surface area contributed by atoms with Crippen LogP contribution in [0.25, 0.3) is 0 Å². The zero-order valence-corrected chi connectivity index (χ0v) is 5.91. The summed E-state index contributed by atoms with van der Waals surface area (Å²) in [4.78, 5) is 11.0. The quantitative estimate of drug-likeness (QED) is 0.368. The number of cyclic esters (lactones) is 1. The highest BCUT2D eigenvalue weighted by Gasteiger charge is 2.41. The van der Waals surface area contributed by atoms with E-state index >= 15 is 0 Å². The number of rotatable bonds is 0. The predicted molar refractivity (Wildman–Crippen MR) is 36.2 cm³/mol. The molecule has 0 amide bonds. The fourth-order valence-corrected chi connectivity index (χ4v) is 1.77. The van der Waals surface area contributed by atoms with Crippen molar-refractivity contribution >= 4 is 5.97 Å². The number of fused-ring (bicyclic) bond motifs is 1. The van der Waals surface area contributed by atoms with Crippen molar-refractivity contribution in [2.24, 2.45) is 17.8 Å². The summed E-state index contributed by atoms with van der Waals surface area (Å²) in [6, 6.07) is 0. The molecule has 0 aromatic heterocycles. The molecule has 0 aromatic rings. The minimum absolute atomic E-state index is 0.0116. The van der Waals surface area contributed by atoms with Crippen LogP contribution in [0.5, 0.6) is 0 Å². The van der Waals surface area contributed by atoms with Gasteiger partial charge in [-0.2, -0.15) is 0 Å². The van der Waals surface area contributed by atoms with Crippen LogP contribution in [0, 0.1) is 17.8 Å². The standard InChI is InChI=1S/C8H10O2/c1-5-2-3-6-4-10-8(9)7(5)6/h2-3,5-7H,4H2,1H3. The Balaban J connectivity index is 2.25. The molecule has 1 saturated heterocycles. The van der Waals surface area contributed by atoms with Crippen LogP contribution in [0.15, 0.2) is 12.2 Å². The molecule has 3 atom stereocenters. The van der Waals surface area contributed by atoms with E-state index in [2.05, 4.69) is 19.1 Å². The molecule has 2 rings (SSSR count). The van der Waals surface area contributed by atoms with Gasteiger partial charge in [0.15, 0.2) is 0 Å². The Bertz CT molecular complexity index is 195. The van der Waals surface area contributed by atoms with E-state index in [9.17, 15) is 4.79 Å². The number of ether oxygens (including phenoxy) is 1. The molecule has 1 fully saturated rings. The van der Waals surface area contributed by atoms with Crippen molar-refractivity contribution in [2.45, 2.75) is 6.92 Å². The van der Waals surface area contributed by atoms with E-state index in [-0.39, 0.29) is 11.9 Å². The van der Waals surface area contributed by atoms with Crippen LogP contribution in [-0.4, -0.2) is 12.6 Å². The van der Waals surface area contributed by atoms with Crippen LogP contribution in [0.3, 0.4) is 0 Å². The molecular formula is C8H10O2. The fraction of sp³-hybridized carbons (Fsp3) is 0.625. The number of esters is 1. The second kappa shape index (κ2) is 1.84. The molecule has 0 saturated carbocycles. The topological polar surface area (TPSA) is 26.3 Å². The summed E-state index contributed by atoms with van der Waals surface area (Å²) in [5.41, 5.74) is 0. The zero-order chi connectivity index (χ0) is 7.14. The van der Waals surface area contributed by atoms with Gasteiger partial charge in [-0.05, 0) is 5.92 Å². The van der Waals surface area contributed by atoms with Gasteiger partial charge in [-0.25, -0.2) is 0 Å². The van der Waals surface area contributed by atoms with Gasteiger partial charge >= 0.3 is 5.97 Å². The van der Waals surface area contributed by atoms with E-state index in [1.165, 1.54) is 0 Å².